The highest BCUT2D eigenvalue weighted by atomic mass is 16.4. The van der Waals surface area contributed by atoms with Gasteiger partial charge in [0.15, 0.2) is 0 Å². The number of carboxylic acid groups (broad SMARTS) is 1. The van der Waals surface area contributed by atoms with Crippen LogP contribution in [0.1, 0.15) is 36.1 Å². The van der Waals surface area contributed by atoms with Crippen molar-refractivity contribution in [1.82, 2.24) is 0 Å². The lowest BCUT2D eigenvalue weighted by molar-refractivity contribution is -0.143. The molecule has 0 saturated carbocycles. The molecule has 1 unspecified atom stereocenters. The molecular formula is C15H22O2. The molecule has 0 bridgehead atoms. The first kappa shape index (κ1) is 13.8. The van der Waals surface area contributed by atoms with Gasteiger partial charge >= 0.3 is 5.97 Å². The van der Waals surface area contributed by atoms with E-state index in [2.05, 4.69) is 32.9 Å². The van der Waals surface area contributed by atoms with Gasteiger partial charge in [-0.15, -0.1) is 0 Å². The van der Waals surface area contributed by atoms with Crippen LogP contribution in [-0.4, -0.2) is 11.1 Å². The largest absolute Gasteiger partial charge is 0.481 e. The summed E-state index contributed by atoms with van der Waals surface area (Å²) < 4.78 is 0. The second-order valence-corrected chi connectivity index (χ2v) is 5.18. The molecule has 0 fully saturated rings. The molecule has 0 heterocycles. The first-order chi connectivity index (χ1) is 7.84. The molecule has 0 saturated heterocycles. The minimum Gasteiger partial charge on any atom is -0.481 e. The Labute approximate surface area is 104 Å². The molecule has 2 nitrogen and oxygen atoms in total. The van der Waals surface area contributed by atoms with Crippen molar-refractivity contribution < 1.29 is 9.90 Å². The fourth-order valence-electron chi connectivity index (χ4n) is 2.08. The molecule has 17 heavy (non-hydrogen) atoms. The number of rotatable bonds is 4. The predicted molar refractivity (Wildman–Crippen MR) is 70.3 cm³/mol. The summed E-state index contributed by atoms with van der Waals surface area (Å²) in [4.78, 5) is 11.2. The second-order valence-electron chi connectivity index (χ2n) is 5.18. The average molecular weight is 234 g/mol. The smallest absolute Gasteiger partial charge is 0.307 e. The Morgan fingerprint density at radius 1 is 1.18 bits per heavy atom. The zero-order valence-corrected chi connectivity index (χ0v) is 11.4. The van der Waals surface area contributed by atoms with Gasteiger partial charge < -0.3 is 5.11 Å². The molecule has 1 aromatic rings. The van der Waals surface area contributed by atoms with Crippen LogP contribution in [0.3, 0.4) is 0 Å². The molecule has 94 valence electrons. The van der Waals surface area contributed by atoms with Gasteiger partial charge in [-0.2, -0.15) is 0 Å². The van der Waals surface area contributed by atoms with Crippen molar-refractivity contribution in [2.24, 2.45) is 11.8 Å². The molecule has 0 aromatic heterocycles. The van der Waals surface area contributed by atoms with Crippen LogP contribution in [0.25, 0.3) is 0 Å². The molecule has 0 aliphatic rings. The third kappa shape index (κ3) is 3.09. The van der Waals surface area contributed by atoms with Crippen LogP contribution in [0.4, 0.5) is 0 Å². The van der Waals surface area contributed by atoms with Crippen LogP contribution in [0.15, 0.2) is 12.1 Å². The van der Waals surface area contributed by atoms with Gasteiger partial charge in [-0.25, -0.2) is 0 Å². The Kier molecular flexibility index (Phi) is 4.33. The quantitative estimate of drug-likeness (QED) is 0.865. The maximum atomic E-state index is 11.2. The molecule has 1 N–H and O–H groups in total. The van der Waals surface area contributed by atoms with E-state index in [4.69, 9.17) is 0 Å². The molecule has 0 aliphatic heterocycles. The third-order valence-electron chi connectivity index (χ3n) is 3.73. The summed E-state index contributed by atoms with van der Waals surface area (Å²) in [7, 11) is 0. The van der Waals surface area contributed by atoms with Crippen LogP contribution < -0.4 is 0 Å². The highest BCUT2D eigenvalue weighted by Gasteiger charge is 2.22. The van der Waals surface area contributed by atoms with Crippen molar-refractivity contribution in [3.63, 3.8) is 0 Å². The van der Waals surface area contributed by atoms with Gasteiger partial charge in [-0.05, 0) is 55.4 Å². The van der Waals surface area contributed by atoms with Gasteiger partial charge in [0, 0.05) is 0 Å². The van der Waals surface area contributed by atoms with E-state index >= 15 is 0 Å². The maximum absolute atomic E-state index is 11.2. The zero-order valence-electron chi connectivity index (χ0n) is 11.4. The molecule has 0 radical (unpaired) electrons. The van der Waals surface area contributed by atoms with E-state index in [0.717, 1.165) is 5.56 Å². The van der Waals surface area contributed by atoms with Crippen LogP contribution >= 0.6 is 0 Å². The Morgan fingerprint density at radius 3 is 2.24 bits per heavy atom. The highest BCUT2D eigenvalue weighted by Crippen LogP contribution is 2.23. The molecule has 1 atom stereocenters. The molecule has 1 aromatic carbocycles. The van der Waals surface area contributed by atoms with Crippen molar-refractivity contribution in [3.8, 4) is 0 Å². The summed E-state index contributed by atoms with van der Waals surface area (Å²) >= 11 is 0. The standard InChI is InChI=1S/C15H22O2/c1-9(2)14(15(16)17)8-13-7-6-10(3)11(4)12(13)5/h6-7,9,14H,8H2,1-5H3,(H,16,17). The molecule has 1 rings (SSSR count). The Morgan fingerprint density at radius 2 is 1.76 bits per heavy atom. The number of carboxylic acids is 1. The molecule has 0 spiro atoms. The molecule has 0 aliphatic carbocycles. The fourth-order valence-corrected chi connectivity index (χ4v) is 2.08. The lowest BCUT2D eigenvalue weighted by atomic mass is 9.86. The Bertz CT molecular complexity index is 419. The Balaban J connectivity index is 3.02. The summed E-state index contributed by atoms with van der Waals surface area (Å²) in [5.41, 5.74) is 4.93. The van der Waals surface area contributed by atoms with Crippen LogP contribution in [-0.2, 0) is 11.2 Å². The van der Waals surface area contributed by atoms with Gasteiger partial charge in [0.05, 0.1) is 5.92 Å². The average Bonchev–Trinajstić information content (AvgIpc) is 2.24. The number of hydrogen-bond donors (Lipinski definition) is 1. The van der Waals surface area contributed by atoms with Crippen LogP contribution in [0.5, 0.6) is 0 Å². The van der Waals surface area contributed by atoms with E-state index in [1.54, 1.807) is 0 Å². The summed E-state index contributed by atoms with van der Waals surface area (Å²) in [6.45, 7) is 10.2. The lowest BCUT2D eigenvalue weighted by Crippen LogP contribution is -2.22. The normalized spacial score (nSPS) is 12.8. The fraction of sp³-hybridized carbons (Fsp3) is 0.533. The van der Waals surface area contributed by atoms with Crippen molar-refractivity contribution in [1.29, 1.82) is 0 Å². The van der Waals surface area contributed by atoms with Crippen molar-refractivity contribution in [3.05, 3.63) is 34.4 Å². The van der Waals surface area contributed by atoms with Gasteiger partial charge in [0.1, 0.15) is 0 Å². The summed E-state index contributed by atoms with van der Waals surface area (Å²) in [6.07, 6.45) is 0.625. The maximum Gasteiger partial charge on any atom is 0.307 e. The number of carbonyl (C=O) groups is 1. The number of aryl methyl sites for hydroxylation is 1. The number of aliphatic carboxylic acids is 1. The van der Waals surface area contributed by atoms with Crippen molar-refractivity contribution in [2.45, 2.75) is 41.0 Å². The predicted octanol–water partition coefficient (Wildman–Crippen LogP) is 3.51. The summed E-state index contributed by atoms with van der Waals surface area (Å²) in [5.74, 6) is -0.832. The van der Waals surface area contributed by atoms with Gasteiger partial charge in [-0.3, -0.25) is 4.79 Å². The minimum absolute atomic E-state index is 0.161. The third-order valence-corrected chi connectivity index (χ3v) is 3.73. The number of hydrogen-bond acceptors (Lipinski definition) is 1. The second kappa shape index (κ2) is 5.35. The molecule has 0 amide bonds. The van der Waals surface area contributed by atoms with Crippen molar-refractivity contribution in [2.75, 3.05) is 0 Å². The van der Waals surface area contributed by atoms with Gasteiger partial charge in [0.2, 0.25) is 0 Å². The van der Waals surface area contributed by atoms with E-state index < -0.39 is 5.97 Å². The zero-order chi connectivity index (χ0) is 13.2. The van der Waals surface area contributed by atoms with E-state index in [0.29, 0.717) is 6.42 Å². The van der Waals surface area contributed by atoms with Crippen LogP contribution in [0.2, 0.25) is 0 Å². The number of benzene rings is 1. The Hall–Kier alpha value is -1.31. The first-order valence-corrected chi connectivity index (χ1v) is 6.13. The van der Waals surface area contributed by atoms with Crippen LogP contribution in [0, 0.1) is 32.6 Å². The van der Waals surface area contributed by atoms with E-state index in [1.165, 1.54) is 16.7 Å². The SMILES string of the molecule is Cc1ccc(CC(C(=O)O)C(C)C)c(C)c1C. The highest BCUT2D eigenvalue weighted by molar-refractivity contribution is 5.70. The molecular weight excluding hydrogens is 212 g/mol. The van der Waals surface area contributed by atoms with E-state index in [-0.39, 0.29) is 11.8 Å². The topological polar surface area (TPSA) is 37.3 Å². The van der Waals surface area contributed by atoms with Gasteiger partial charge in [0.25, 0.3) is 0 Å². The monoisotopic (exact) mass is 234 g/mol. The van der Waals surface area contributed by atoms with Crippen molar-refractivity contribution >= 4 is 5.97 Å². The minimum atomic E-state index is -0.697. The van der Waals surface area contributed by atoms with E-state index in [9.17, 15) is 9.90 Å². The summed E-state index contributed by atoms with van der Waals surface area (Å²) in [6, 6.07) is 4.15. The van der Waals surface area contributed by atoms with Gasteiger partial charge in [-0.1, -0.05) is 26.0 Å². The van der Waals surface area contributed by atoms with E-state index in [1.807, 2.05) is 13.8 Å². The summed E-state index contributed by atoms with van der Waals surface area (Å²) in [5, 5.41) is 9.22. The first-order valence-electron chi connectivity index (χ1n) is 6.13. The molecule has 2 heteroatoms. The lowest BCUT2D eigenvalue weighted by Gasteiger charge is -2.19.